The summed E-state index contributed by atoms with van der Waals surface area (Å²) in [5.74, 6) is 2.56. The third kappa shape index (κ3) is 5.43. The molecule has 0 radical (unpaired) electrons. The number of rotatable bonds is 5. The summed E-state index contributed by atoms with van der Waals surface area (Å²) in [6, 6.07) is 7.30. The average molecular weight is 293 g/mol. The number of hydrogen-bond acceptors (Lipinski definition) is 4. The minimum absolute atomic E-state index is 0.0693. The summed E-state index contributed by atoms with van der Waals surface area (Å²) in [7, 11) is 0. The maximum absolute atomic E-state index is 11.9. The van der Waals surface area contributed by atoms with E-state index < -0.39 is 0 Å². The zero-order chi connectivity index (χ0) is 14.2. The largest absolute Gasteiger partial charge is 0.399 e. The van der Waals surface area contributed by atoms with Crippen molar-refractivity contribution in [3.63, 3.8) is 0 Å². The third-order valence-corrected chi connectivity index (χ3v) is 4.41. The summed E-state index contributed by atoms with van der Waals surface area (Å²) in [6.07, 6.45) is 2.75. The second kappa shape index (κ2) is 8.17. The van der Waals surface area contributed by atoms with E-state index in [1.165, 1.54) is 24.5 Å². The fourth-order valence-electron chi connectivity index (χ4n) is 2.32. The van der Waals surface area contributed by atoms with Crippen molar-refractivity contribution < 1.29 is 4.79 Å². The molecule has 0 spiro atoms. The fraction of sp³-hybridized carbons (Fsp3) is 0.533. The molecule has 0 bridgehead atoms. The van der Waals surface area contributed by atoms with Gasteiger partial charge in [0.1, 0.15) is 0 Å². The van der Waals surface area contributed by atoms with Crippen molar-refractivity contribution in [3.8, 4) is 0 Å². The lowest BCUT2D eigenvalue weighted by atomic mass is 10.2. The first-order valence-corrected chi connectivity index (χ1v) is 8.35. The summed E-state index contributed by atoms with van der Waals surface area (Å²) in [6.45, 7) is 3.34. The van der Waals surface area contributed by atoms with Crippen molar-refractivity contribution in [3.05, 3.63) is 24.3 Å². The van der Waals surface area contributed by atoms with Crippen molar-refractivity contribution in [1.82, 2.24) is 4.90 Å². The molecule has 20 heavy (non-hydrogen) atoms. The molecule has 1 aliphatic rings. The Bertz CT molecular complexity index is 431. The Morgan fingerprint density at radius 2 is 2.25 bits per heavy atom. The molecule has 0 atom stereocenters. The SMILES string of the molecule is Nc1cccc(NC(=O)CCCN2CCCSCC2)c1. The maximum Gasteiger partial charge on any atom is 0.224 e. The molecule has 0 unspecified atom stereocenters. The number of hydrogen-bond donors (Lipinski definition) is 2. The van der Waals surface area contributed by atoms with Crippen LogP contribution in [0.4, 0.5) is 11.4 Å². The maximum atomic E-state index is 11.9. The van der Waals surface area contributed by atoms with Crippen LogP contribution in [-0.2, 0) is 4.79 Å². The summed E-state index contributed by atoms with van der Waals surface area (Å²) in [4.78, 5) is 14.3. The number of anilines is 2. The molecule has 1 aromatic rings. The second-order valence-electron chi connectivity index (χ2n) is 5.08. The van der Waals surface area contributed by atoms with E-state index in [0.29, 0.717) is 12.1 Å². The van der Waals surface area contributed by atoms with Crippen LogP contribution in [0.2, 0.25) is 0 Å². The van der Waals surface area contributed by atoms with E-state index in [4.69, 9.17) is 5.73 Å². The molecule has 0 aliphatic carbocycles. The fourth-order valence-corrected chi connectivity index (χ4v) is 3.25. The van der Waals surface area contributed by atoms with Gasteiger partial charge in [0, 0.05) is 30.1 Å². The Labute approximate surface area is 125 Å². The van der Waals surface area contributed by atoms with Crippen LogP contribution >= 0.6 is 11.8 Å². The van der Waals surface area contributed by atoms with E-state index in [1.807, 2.05) is 30.0 Å². The minimum atomic E-state index is 0.0693. The number of carbonyl (C=O) groups is 1. The number of thioether (sulfide) groups is 1. The molecule has 1 aliphatic heterocycles. The van der Waals surface area contributed by atoms with Gasteiger partial charge in [0.25, 0.3) is 0 Å². The molecule has 110 valence electrons. The van der Waals surface area contributed by atoms with Crippen LogP contribution in [0.5, 0.6) is 0 Å². The van der Waals surface area contributed by atoms with Crippen molar-refractivity contribution in [2.45, 2.75) is 19.3 Å². The summed E-state index contributed by atoms with van der Waals surface area (Å²) >= 11 is 2.03. The predicted molar refractivity (Wildman–Crippen MR) is 87.1 cm³/mol. The normalized spacial score (nSPS) is 16.6. The van der Waals surface area contributed by atoms with E-state index in [9.17, 15) is 4.79 Å². The minimum Gasteiger partial charge on any atom is -0.399 e. The van der Waals surface area contributed by atoms with Gasteiger partial charge >= 0.3 is 0 Å². The number of nitrogen functional groups attached to an aromatic ring is 1. The van der Waals surface area contributed by atoms with Crippen LogP contribution in [0.15, 0.2) is 24.3 Å². The molecular weight excluding hydrogens is 270 g/mol. The van der Waals surface area contributed by atoms with Gasteiger partial charge < -0.3 is 16.0 Å². The van der Waals surface area contributed by atoms with Crippen LogP contribution in [-0.4, -0.2) is 41.9 Å². The first-order valence-electron chi connectivity index (χ1n) is 7.19. The van der Waals surface area contributed by atoms with Gasteiger partial charge in [-0.15, -0.1) is 0 Å². The Morgan fingerprint density at radius 1 is 1.35 bits per heavy atom. The number of carbonyl (C=O) groups excluding carboxylic acids is 1. The van der Waals surface area contributed by atoms with Gasteiger partial charge in [0.2, 0.25) is 5.91 Å². The first kappa shape index (κ1) is 15.2. The monoisotopic (exact) mass is 293 g/mol. The topological polar surface area (TPSA) is 58.4 Å². The third-order valence-electron chi connectivity index (χ3n) is 3.36. The molecule has 1 aromatic carbocycles. The number of amides is 1. The van der Waals surface area contributed by atoms with Crippen molar-refractivity contribution in [1.29, 1.82) is 0 Å². The van der Waals surface area contributed by atoms with Crippen LogP contribution in [0.1, 0.15) is 19.3 Å². The van der Waals surface area contributed by atoms with Gasteiger partial charge in [-0.25, -0.2) is 0 Å². The van der Waals surface area contributed by atoms with Crippen LogP contribution in [0.25, 0.3) is 0 Å². The molecule has 2 rings (SSSR count). The quantitative estimate of drug-likeness (QED) is 0.819. The van der Waals surface area contributed by atoms with Crippen LogP contribution in [0, 0.1) is 0 Å². The zero-order valence-electron chi connectivity index (χ0n) is 11.8. The highest BCUT2D eigenvalue weighted by Gasteiger charge is 2.09. The molecule has 5 heteroatoms. The lowest BCUT2D eigenvalue weighted by Crippen LogP contribution is -2.27. The molecule has 1 fully saturated rings. The van der Waals surface area contributed by atoms with E-state index in [0.717, 1.165) is 25.2 Å². The van der Waals surface area contributed by atoms with Crippen LogP contribution < -0.4 is 11.1 Å². The highest BCUT2D eigenvalue weighted by Crippen LogP contribution is 2.13. The molecular formula is C15H23N3OS. The Balaban J connectivity index is 1.67. The number of nitrogens with two attached hydrogens (primary N) is 1. The second-order valence-corrected chi connectivity index (χ2v) is 6.31. The molecule has 1 saturated heterocycles. The molecule has 3 N–H and O–H groups in total. The van der Waals surface area contributed by atoms with Gasteiger partial charge in [-0.3, -0.25) is 4.79 Å². The van der Waals surface area contributed by atoms with Crippen molar-refractivity contribution in [2.75, 3.05) is 42.2 Å². The zero-order valence-corrected chi connectivity index (χ0v) is 12.6. The number of nitrogens with zero attached hydrogens (tertiary/aromatic N) is 1. The van der Waals surface area contributed by atoms with E-state index >= 15 is 0 Å². The van der Waals surface area contributed by atoms with E-state index in [2.05, 4.69) is 10.2 Å². The molecule has 1 heterocycles. The smallest absolute Gasteiger partial charge is 0.224 e. The highest BCUT2D eigenvalue weighted by molar-refractivity contribution is 7.99. The van der Waals surface area contributed by atoms with E-state index in [1.54, 1.807) is 6.07 Å². The van der Waals surface area contributed by atoms with Crippen LogP contribution in [0.3, 0.4) is 0 Å². The lowest BCUT2D eigenvalue weighted by Gasteiger charge is -2.18. The average Bonchev–Trinajstić information content (AvgIpc) is 2.67. The van der Waals surface area contributed by atoms with Crippen molar-refractivity contribution in [2.24, 2.45) is 0 Å². The number of nitrogens with one attached hydrogen (secondary N) is 1. The van der Waals surface area contributed by atoms with E-state index in [-0.39, 0.29) is 5.91 Å². The predicted octanol–water partition coefficient (Wildman–Crippen LogP) is 2.43. The van der Waals surface area contributed by atoms with Gasteiger partial charge in [0.15, 0.2) is 0 Å². The first-order chi connectivity index (χ1) is 9.74. The standard InChI is InChI=1S/C15H23N3OS/c16-13-4-1-5-14(12-13)17-15(19)6-2-7-18-8-3-10-20-11-9-18/h1,4-5,12H,2-3,6-11,16H2,(H,17,19). The molecule has 0 saturated carbocycles. The Hall–Kier alpha value is -1.20. The summed E-state index contributed by atoms with van der Waals surface area (Å²) < 4.78 is 0. The van der Waals surface area contributed by atoms with Gasteiger partial charge in [-0.1, -0.05) is 6.07 Å². The van der Waals surface area contributed by atoms with Gasteiger partial charge in [0.05, 0.1) is 0 Å². The number of benzene rings is 1. The molecule has 1 amide bonds. The molecule has 0 aromatic heterocycles. The highest BCUT2D eigenvalue weighted by atomic mass is 32.2. The summed E-state index contributed by atoms with van der Waals surface area (Å²) in [5.41, 5.74) is 7.14. The Kier molecular flexibility index (Phi) is 6.21. The van der Waals surface area contributed by atoms with Gasteiger partial charge in [-0.05, 0) is 49.9 Å². The molecule has 4 nitrogen and oxygen atoms in total. The lowest BCUT2D eigenvalue weighted by molar-refractivity contribution is -0.116. The van der Waals surface area contributed by atoms with Crippen molar-refractivity contribution >= 4 is 29.0 Å². The summed E-state index contributed by atoms with van der Waals surface area (Å²) in [5, 5.41) is 2.89. The Morgan fingerprint density at radius 3 is 3.10 bits per heavy atom. The van der Waals surface area contributed by atoms with Gasteiger partial charge in [-0.2, -0.15) is 11.8 Å².